The molecule has 0 unspecified atom stereocenters. The Morgan fingerprint density at radius 3 is 2.37 bits per heavy atom. The number of halogens is 3. The standard InChI is InChI=1S/C18H22F3N3O3/c1-5-11(6-2)26-17-16(22)24-15(10(3)23-17)13-8-7-12(9-14(13)25-4)27-18(19,20)21/h7-9,11H,5-6H2,1-4H3,(H2,22,24). The highest BCUT2D eigenvalue weighted by Crippen LogP contribution is 2.36. The largest absolute Gasteiger partial charge is 0.573 e. The Labute approximate surface area is 155 Å². The summed E-state index contributed by atoms with van der Waals surface area (Å²) in [7, 11) is 1.34. The molecule has 0 aliphatic carbocycles. The van der Waals surface area contributed by atoms with Crippen LogP contribution in [-0.2, 0) is 0 Å². The average molecular weight is 385 g/mol. The number of hydrogen-bond donors (Lipinski definition) is 1. The maximum absolute atomic E-state index is 12.4. The van der Waals surface area contributed by atoms with Gasteiger partial charge in [-0.05, 0) is 31.9 Å². The fourth-order valence-corrected chi connectivity index (χ4v) is 2.53. The third-order valence-electron chi connectivity index (χ3n) is 3.91. The average Bonchev–Trinajstić information content (AvgIpc) is 2.60. The molecule has 6 nitrogen and oxygen atoms in total. The van der Waals surface area contributed by atoms with Gasteiger partial charge in [0.2, 0.25) is 0 Å². The van der Waals surface area contributed by atoms with Gasteiger partial charge in [0.05, 0.1) is 18.5 Å². The first-order chi connectivity index (χ1) is 12.7. The van der Waals surface area contributed by atoms with Crippen molar-refractivity contribution >= 4 is 5.82 Å². The van der Waals surface area contributed by atoms with Crippen LogP contribution in [0, 0.1) is 6.92 Å². The molecule has 9 heteroatoms. The topological polar surface area (TPSA) is 79.5 Å². The zero-order valence-electron chi connectivity index (χ0n) is 15.6. The summed E-state index contributed by atoms with van der Waals surface area (Å²) in [6.07, 6.45) is -3.22. The minimum atomic E-state index is -4.79. The zero-order valence-corrected chi connectivity index (χ0v) is 15.6. The number of rotatable bonds is 7. The van der Waals surface area contributed by atoms with Gasteiger partial charge in [-0.15, -0.1) is 13.2 Å². The van der Waals surface area contributed by atoms with Crippen molar-refractivity contribution in [3.8, 4) is 28.6 Å². The molecule has 148 valence electrons. The normalized spacial score (nSPS) is 11.6. The highest BCUT2D eigenvalue weighted by molar-refractivity contribution is 5.71. The van der Waals surface area contributed by atoms with E-state index in [1.807, 2.05) is 13.8 Å². The highest BCUT2D eigenvalue weighted by Gasteiger charge is 2.31. The number of anilines is 1. The first-order valence-corrected chi connectivity index (χ1v) is 8.43. The molecule has 2 rings (SSSR count). The lowest BCUT2D eigenvalue weighted by Crippen LogP contribution is -2.17. The summed E-state index contributed by atoms with van der Waals surface area (Å²) in [5, 5.41) is 0. The van der Waals surface area contributed by atoms with E-state index < -0.39 is 12.1 Å². The predicted octanol–water partition coefficient (Wildman–Crippen LogP) is 4.51. The Balaban J connectivity index is 2.41. The van der Waals surface area contributed by atoms with Crippen LogP contribution < -0.4 is 19.9 Å². The van der Waals surface area contributed by atoms with Crippen LogP contribution in [0.5, 0.6) is 17.4 Å². The molecule has 27 heavy (non-hydrogen) atoms. The van der Waals surface area contributed by atoms with E-state index >= 15 is 0 Å². The van der Waals surface area contributed by atoms with Gasteiger partial charge in [-0.2, -0.15) is 0 Å². The van der Waals surface area contributed by atoms with Gasteiger partial charge in [0.1, 0.15) is 17.6 Å². The summed E-state index contributed by atoms with van der Waals surface area (Å²) in [5.41, 5.74) is 7.32. The lowest BCUT2D eigenvalue weighted by molar-refractivity contribution is -0.274. The van der Waals surface area contributed by atoms with Crippen molar-refractivity contribution in [2.45, 2.75) is 46.1 Å². The maximum Gasteiger partial charge on any atom is 0.573 e. The number of nitrogens with two attached hydrogens (primary N) is 1. The predicted molar refractivity (Wildman–Crippen MR) is 94.9 cm³/mol. The molecule has 0 bridgehead atoms. The second-order valence-electron chi connectivity index (χ2n) is 5.81. The molecular formula is C18H22F3N3O3. The second-order valence-corrected chi connectivity index (χ2v) is 5.81. The Bertz CT molecular complexity index is 793. The van der Waals surface area contributed by atoms with Crippen molar-refractivity contribution in [2.24, 2.45) is 0 Å². The Kier molecular flexibility index (Phi) is 6.35. The summed E-state index contributed by atoms with van der Waals surface area (Å²) in [5.74, 6) is 0.0960. The second kappa shape index (κ2) is 8.32. The number of aromatic nitrogens is 2. The van der Waals surface area contributed by atoms with E-state index in [4.69, 9.17) is 15.2 Å². The van der Waals surface area contributed by atoms with Gasteiger partial charge in [-0.1, -0.05) is 13.8 Å². The van der Waals surface area contributed by atoms with E-state index in [1.54, 1.807) is 6.92 Å². The first kappa shape index (κ1) is 20.6. The molecule has 1 aromatic carbocycles. The third-order valence-corrected chi connectivity index (χ3v) is 3.91. The Hall–Kier alpha value is -2.71. The fourth-order valence-electron chi connectivity index (χ4n) is 2.53. The van der Waals surface area contributed by atoms with E-state index in [2.05, 4.69) is 14.7 Å². The molecule has 1 aromatic heterocycles. The lowest BCUT2D eigenvalue weighted by atomic mass is 10.1. The highest BCUT2D eigenvalue weighted by atomic mass is 19.4. The lowest BCUT2D eigenvalue weighted by Gasteiger charge is -2.18. The van der Waals surface area contributed by atoms with Crippen LogP contribution in [-0.4, -0.2) is 29.5 Å². The van der Waals surface area contributed by atoms with Gasteiger partial charge in [0.25, 0.3) is 5.88 Å². The van der Waals surface area contributed by atoms with Crippen molar-refractivity contribution in [3.63, 3.8) is 0 Å². The Morgan fingerprint density at radius 1 is 1.15 bits per heavy atom. The van der Waals surface area contributed by atoms with Crippen LogP contribution >= 0.6 is 0 Å². The van der Waals surface area contributed by atoms with Crippen molar-refractivity contribution < 1.29 is 27.4 Å². The van der Waals surface area contributed by atoms with Crippen molar-refractivity contribution in [3.05, 3.63) is 23.9 Å². The molecule has 0 saturated carbocycles. The third kappa shape index (κ3) is 5.15. The molecule has 2 N–H and O–H groups in total. The summed E-state index contributed by atoms with van der Waals surface area (Å²) < 4.78 is 52.1. The molecule has 0 fully saturated rings. The van der Waals surface area contributed by atoms with Crippen LogP contribution in [0.1, 0.15) is 32.4 Å². The van der Waals surface area contributed by atoms with Gasteiger partial charge in [-0.3, -0.25) is 0 Å². The van der Waals surface area contributed by atoms with Gasteiger partial charge in [0, 0.05) is 11.6 Å². The van der Waals surface area contributed by atoms with Gasteiger partial charge >= 0.3 is 6.36 Å². The maximum atomic E-state index is 12.4. The monoisotopic (exact) mass is 385 g/mol. The molecule has 0 amide bonds. The summed E-state index contributed by atoms with van der Waals surface area (Å²) in [6.45, 7) is 5.70. The molecule has 0 saturated heterocycles. The smallest absolute Gasteiger partial charge is 0.496 e. The number of hydrogen-bond acceptors (Lipinski definition) is 6. The van der Waals surface area contributed by atoms with E-state index in [1.165, 1.54) is 19.2 Å². The number of ether oxygens (including phenoxy) is 3. The molecular weight excluding hydrogens is 363 g/mol. The molecule has 0 aliphatic rings. The van der Waals surface area contributed by atoms with E-state index in [9.17, 15) is 13.2 Å². The van der Waals surface area contributed by atoms with Crippen molar-refractivity contribution in [2.75, 3.05) is 12.8 Å². The van der Waals surface area contributed by atoms with Crippen LogP contribution in [0.15, 0.2) is 18.2 Å². The minimum Gasteiger partial charge on any atom is -0.496 e. The van der Waals surface area contributed by atoms with Gasteiger partial charge in [0.15, 0.2) is 5.82 Å². The molecule has 0 atom stereocenters. The van der Waals surface area contributed by atoms with Gasteiger partial charge < -0.3 is 19.9 Å². The van der Waals surface area contributed by atoms with Gasteiger partial charge in [-0.25, -0.2) is 9.97 Å². The number of nitrogen functional groups attached to an aromatic ring is 1. The van der Waals surface area contributed by atoms with Crippen LogP contribution in [0.3, 0.4) is 0 Å². The number of aryl methyl sites for hydroxylation is 1. The fraction of sp³-hybridized carbons (Fsp3) is 0.444. The summed E-state index contributed by atoms with van der Waals surface area (Å²) in [4.78, 5) is 8.69. The number of methoxy groups -OCH3 is 1. The SMILES string of the molecule is CCC(CC)Oc1nc(C)c(-c2ccc(OC(F)(F)F)cc2OC)nc1N. The van der Waals surface area contributed by atoms with Crippen LogP contribution in [0.4, 0.5) is 19.0 Å². The van der Waals surface area contributed by atoms with E-state index in [0.717, 1.165) is 18.9 Å². The number of nitrogens with zero attached hydrogens (tertiary/aromatic N) is 2. The zero-order chi connectivity index (χ0) is 20.2. The Morgan fingerprint density at radius 2 is 1.81 bits per heavy atom. The molecule has 0 aliphatic heterocycles. The van der Waals surface area contributed by atoms with E-state index in [0.29, 0.717) is 17.0 Å². The number of benzene rings is 1. The molecule has 2 aromatic rings. The van der Waals surface area contributed by atoms with Crippen LogP contribution in [0.2, 0.25) is 0 Å². The van der Waals surface area contributed by atoms with Crippen LogP contribution in [0.25, 0.3) is 11.3 Å². The minimum absolute atomic E-state index is 0.0276. The quantitative estimate of drug-likeness (QED) is 0.755. The summed E-state index contributed by atoms with van der Waals surface area (Å²) in [6, 6.07) is 3.73. The van der Waals surface area contributed by atoms with Crippen molar-refractivity contribution in [1.29, 1.82) is 0 Å². The number of alkyl halides is 3. The molecule has 0 spiro atoms. The first-order valence-electron chi connectivity index (χ1n) is 8.43. The van der Waals surface area contributed by atoms with Crippen molar-refractivity contribution in [1.82, 2.24) is 9.97 Å². The van der Waals surface area contributed by atoms with E-state index in [-0.39, 0.29) is 23.6 Å². The summed E-state index contributed by atoms with van der Waals surface area (Å²) >= 11 is 0. The molecule has 1 heterocycles. The molecule has 0 radical (unpaired) electrons.